The number of nitrogens with one attached hydrogen (secondary N) is 3. The Morgan fingerprint density at radius 1 is 0.926 bits per heavy atom. The van der Waals surface area contributed by atoms with Gasteiger partial charge in [0.05, 0.1) is 0 Å². The number of benzene rings is 2. The lowest BCUT2D eigenvalue weighted by atomic mass is 9.95. The first-order valence-electron chi connectivity index (χ1n) is 8.63. The number of urea groups is 1. The van der Waals surface area contributed by atoms with E-state index in [1.807, 2.05) is 25.1 Å². The van der Waals surface area contributed by atoms with Crippen LogP contribution >= 0.6 is 0 Å². The lowest BCUT2D eigenvalue weighted by Crippen LogP contribution is -2.52. The van der Waals surface area contributed by atoms with E-state index >= 15 is 0 Å². The Balaban J connectivity index is 1.98. The third-order valence-electron chi connectivity index (χ3n) is 4.05. The summed E-state index contributed by atoms with van der Waals surface area (Å²) in [5.41, 5.74) is 0.162. The van der Waals surface area contributed by atoms with Crippen LogP contribution in [-0.2, 0) is 4.79 Å². The highest BCUT2D eigenvalue weighted by molar-refractivity contribution is 6.01. The van der Waals surface area contributed by atoms with Crippen molar-refractivity contribution in [3.8, 4) is 0 Å². The van der Waals surface area contributed by atoms with Gasteiger partial charge in [-0.15, -0.1) is 0 Å². The molecular formula is C20H23N3O4. The fourth-order valence-electron chi connectivity index (χ4n) is 2.57. The molecule has 7 heteroatoms. The number of aliphatic carboxylic acids is 1. The lowest BCUT2D eigenvalue weighted by molar-refractivity contribution is -0.144. The number of hydrogen-bond acceptors (Lipinski definition) is 3. The first-order chi connectivity index (χ1) is 12.8. The van der Waals surface area contributed by atoms with E-state index in [4.69, 9.17) is 0 Å². The molecular weight excluding hydrogens is 346 g/mol. The maximum absolute atomic E-state index is 12.3. The molecule has 3 amide bonds. The Bertz CT molecular complexity index is 806. The molecule has 0 heterocycles. The van der Waals surface area contributed by atoms with Crippen molar-refractivity contribution in [1.29, 1.82) is 0 Å². The molecule has 0 saturated heterocycles. The number of carboxylic acid groups (broad SMARTS) is 1. The number of carboxylic acids is 1. The lowest BCUT2D eigenvalue weighted by Gasteiger charge is -2.25. The summed E-state index contributed by atoms with van der Waals surface area (Å²) in [6.45, 7) is 3.34. The second kappa shape index (κ2) is 8.84. The molecule has 0 aliphatic heterocycles. The zero-order valence-corrected chi connectivity index (χ0v) is 15.3. The van der Waals surface area contributed by atoms with Crippen LogP contribution in [0.2, 0.25) is 0 Å². The van der Waals surface area contributed by atoms with Crippen LogP contribution in [0.25, 0.3) is 0 Å². The van der Waals surface area contributed by atoms with Crippen molar-refractivity contribution in [3.05, 3.63) is 60.2 Å². The van der Waals surface area contributed by atoms with E-state index in [0.29, 0.717) is 29.8 Å². The monoisotopic (exact) mass is 369 g/mol. The number of hydrogen-bond donors (Lipinski definition) is 4. The van der Waals surface area contributed by atoms with E-state index in [9.17, 15) is 19.5 Å². The molecule has 0 aromatic heterocycles. The average molecular weight is 369 g/mol. The Kier molecular flexibility index (Phi) is 6.54. The summed E-state index contributed by atoms with van der Waals surface area (Å²) in [5.74, 6) is -1.55. The molecule has 1 unspecified atom stereocenters. The van der Waals surface area contributed by atoms with E-state index < -0.39 is 23.4 Å². The van der Waals surface area contributed by atoms with E-state index in [0.717, 1.165) is 0 Å². The summed E-state index contributed by atoms with van der Waals surface area (Å²) < 4.78 is 0. The van der Waals surface area contributed by atoms with Gasteiger partial charge >= 0.3 is 12.0 Å². The molecule has 0 aliphatic carbocycles. The molecule has 0 aliphatic rings. The van der Waals surface area contributed by atoms with E-state index in [1.54, 1.807) is 24.3 Å². The molecule has 0 spiro atoms. The standard InChI is InChI=1S/C20H23N3O4/c1-3-13-20(2,18(25)26)23-17(24)14-9-11-16(12-10-14)22-19(27)21-15-7-5-4-6-8-15/h4-12H,3,13H2,1-2H3,(H,23,24)(H,25,26)(H2,21,22,27). The van der Waals surface area contributed by atoms with E-state index in [1.165, 1.54) is 19.1 Å². The van der Waals surface area contributed by atoms with Gasteiger partial charge in [-0.2, -0.15) is 0 Å². The maximum Gasteiger partial charge on any atom is 0.329 e. The normalized spacial score (nSPS) is 12.5. The Labute approximate surface area is 157 Å². The van der Waals surface area contributed by atoms with Gasteiger partial charge in [-0.05, 0) is 49.7 Å². The fourth-order valence-corrected chi connectivity index (χ4v) is 2.57. The van der Waals surface area contributed by atoms with Crippen LogP contribution in [0.5, 0.6) is 0 Å². The average Bonchev–Trinajstić information content (AvgIpc) is 2.63. The molecule has 0 radical (unpaired) electrons. The van der Waals surface area contributed by atoms with Gasteiger partial charge in [0.1, 0.15) is 5.54 Å². The highest BCUT2D eigenvalue weighted by Crippen LogP contribution is 2.16. The van der Waals surface area contributed by atoms with E-state index in [-0.39, 0.29) is 0 Å². The molecule has 2 aromatic rings. The van der Waals surface area contributed by atoms with Crippen molar-refractivity contribution in [2.24, 2.45) is 0 Å². The largest absolute Gasteiger partial charge is 0.480 e. The number of carbonyl (C=O) groups excluding carboxylic acids is 2. The van der Waals surface area contributed by atoms with Crippen LogP contribution in [0, 0.1) is 0 Å². The molecule has 0 bridgehead atoms. The third-order valence-corrected chi connectivity index (χ3v) is 4.05. The number of para-hydroxylation sites is 1. The highest BCUT2D eigenvalue weighted by Gasteiger charge is 2.34. The SMILES string of the molecule is CCCC(C)(NC(=O)c1ccc(NC(=O)Nc2ccccc2)cc1)C(=O)O. The highest BCUT2D eigenvalue weighted by atomic mass is 16.4. The smallest absolute Gasteiger partial charge is 0.329 e. The van der Waals surface area contributed by atoms with Crippen molar-refractivity contribution in [2.75, 3.05) is 10.6 Å². The minimum absolute atomic E-state index is 0.313. The first kappa shape index (κ1) is 20.0. The van der Waals surface area contributed by atoms with Gasteiger partial charge < -0.3 is 21.1 Å². The van der Waals surface area contributed by atoms with Crippen molar-refractivity contribution in [1.82, 2.24) is 5.32 Å². The van der Waals surface area contributed by atoms with Gasteiger partial charge in [-0.1, -0.05) is 31.5 Å². The molecule has 0 fully saturated rings. The molecule has 2 rings (SSSR count). The molecule has 1 atom stereocenters. The van der Waals surface area contributed by atoms with Crippen LogP contribution < -0.4 is 16.0 Å². The van der Waals surface area contributed by atoms with Crippen LogP contribution in [-0.4, -0.2) is 28.6 Å². The predicted octanol–water partition coefficient (Wildman–Crippen LogP) is 3.70. The second-order valence-electron chi connectivity index (χ2n) is 6.36. The van der Waals surface area contributed by atoms with Gasteiger partial charge in [0.25, 0.3) is 5.91 Å². The minimum Gasteiger partial charge on any atom is -0.480 e. The van der Waals surface area contributed by atoms with Crippen LogP contribution in [0.3, 0.4) is 0 Å². The number of carbonyl (C=O) groups is 3. The Morgan fingerprint density at radius 3 is 2.00 bits per heavy atom. The Morgan fingerprint density at radius 2 is 1.48 bits per heavy atom. The minimum atomic E-state index is -1.32. The molecule has 4 N–H and O–H groups in total. The van der Waals surface area contributed by atoms with Gasteiger partial charge in [-0.3, -0.25) is 4.79 Å². The first-order valence-corrected chi connectivity index (χ1v) is 8.63. The summed E-state index contributed by atoms with van der Waals surface area (Å²) in [4.78, 5) is 35.7. The molecule has 0 saturated carbocycles. The van der Waals surface area contributed by atoms with Gasteiger partial charge in [-0.25, -0.2) is 9.59 Å². The summed E-state index contributed by atoms with van der Waals surface area (Å²) in [5, 5.41) is 17.3. The molecule has 142 valence electrons. The third kappa shape index (κ3) is 5.57. The Hall–Kier alpha value is -3.35. The molecule has 2 aromatic carbocycles. The topological polar surface area (TPSA) is 108 Å². The van der Waals surface area contributed by atoms with Crippen LogP contribution in [0.1, 0.15) is 37.0 Å². The zero-order valence-electron chi connectivity index (χ0n) is 15.3. The second-order valence-corrected chi connectivity index (χ2v) is 6.36. The molecule has 27 heavy (non-hydrogen) atoms. The predicted molar refractivity (Wildman–Crippen MR) is 104 cm³/mol. The van der Waals surface area contributed by atoms with Gasteiger partial charge in [0.2, 0.25) is 0 Å². The van der Waals surface area contributed by atoms with Gasteiger partial charge in [0.15, 0.2) is 0 Å². The van der Waals surface area contributed by atoms with Crippen LogP contribution in [0.15, 0.2) is 54.6 Å². The number of anilines is 2. The zero-order chi connectivity index (χ0) is 19.9. The maximum atomic E-state index is 12.3. The number of rotatable bonds is 7. The summed E-state index contributed by atoms with van der Waals surface area (Å²) in [6.07, 6.45) is 0.954. The van der Waals surface area contributed by atoms with Gasteiger partial charge in [0, 0.05) is 16.9 Å². The fraction of sp³-hybridized carbons (Fsp3) is 0.250. The molecule has 7 nitrogen and oxygen atoms in total. The van der Waals surface area contributed by atoms with Crippen LogP contribution in [0.4, 0.5) is 16.2 Å². The summed E-state index contributed by atoms with van der Waals surface area (Å²) >= 11 is 0. The van der Waals surface area contributed by atoms with E-state index in [2.05, 4.69) is 16.0 Å². The van der Waals surface area contributed by atoms with Crippen molar-refractivity contribution < 1.29 is 19.5 Å². The van der Waals surface area contributed by atoms with Crippen molar-refractivity contribution in [2.45, 2.75) is 32.2 Å². The quantitative estimate of drug-likeness (QED) is 0.597. The number of amides is 3. The summed E-state index contributed by atoms with van der Waals surface area (Å²) in [7, 11) is 0. The van der Waals surface area contributed by atoms with Crippen molar-refractivity contribution in [3.63, 3.8) is 0 Å². The summed E-state index contributed by atoms with van der Waals surface area (Å²) in [6, 6.07) is 14.8. The van der Waals surface area contributed by atoms with Crippen molar-refractivity contribution >= 4 is 29.3 Å².